The Hall–Kier alpha value is -3.23. The van der Waals surface area contributed by atoms with Gasteiger partial charge in [-0.1, -0.05) is 13.8 Å². The van der Waals surface area contributed by atoms with Crippen molar-refractivity contribution >= 4 is 29.6 Å². The fraction of sp³-hybridized carbons (Fsp3) is 0.450. The standard InChI is InChI=1S/C20H23N3O6/c1-10(2)7-14(20(28)29)21-17(25)11-3-4-13-12(8-11)9-23(19(13)27)15-5-6-16(24)22-18(15)26/h3-4,8,10,14-15H,5-7,9H2,1-2H3,(H,21,25)(H,28,29)(H,22,24,26)/t14-,15?/m1/s1. The van der Waals surface area contributed by atoms with Crippen LogP contribution in [0.1, 0.15) is 59.4 Å². The van der Waals surface area contributed by atoms with Gasteiger partial charge in [0.2, 0.25) is 11.8 Å². The quantitative estimate of drug-likeness (QED) is 0.600. The Morgan fingerprint density at radius 3 is 2.62 bits per heavy atom. The van der Waals surface area contributed by atoms with Crippen LogP contribution in [-0.2, 0) is 20.9 Å². The number of amides is 4. The number of nitrogens with one attached hydrogen (secondary N) is 2. The summed E-state index contributed by atoms with van der Waals surface area (Å²) < 4.78 is 0. The van der Waals surface area contributed by atoms with Crippen molar-refractivity contribution < 1.29 is 29.1 Å². The lowest BCUT2D eigenvalue weighted by Gasteiger charge is -2.29. The summed E-state index contributed by atoms with van der Waals surface area (Å²) in [5, 5.41) is 14.1. The first kappa shape index (κ1) is 20.5. The Balaban J connectivity index is 1.75. The summed E-state index contributed by atoms with van der Waals surface area (Å²) in [5.74, 6) is -2.73. The second-order valence-corrected chi connectivity index (χ2v) is 7.77. The number of rotatable bonds is 6. The van der Waals surface area contributed by atoms with E-state index in [1.807, 2.05) is 13.8 Å². The number of carboxylic acids is 1. The summed E-state index contributed by atoms with van der Waals surface area (Å²) >= 11 is 0. The number of imide groups is 1. The van der Waals surface area contributed by atoms with Gasteiger partial charge in [-0.2, -0.15) is 0 Å². The predicted molar refractivity (Wildman–Crippen MR) is 101 cm³/mol. The van der Waals surface area contributed by atoms with Crippen molar-refractivity contribution in [3.05, 3.63) is 34.9 Å². The maximum atomic E-state index is 12.7. The lowest BCUT2D eigenvalue weighted by molar-refractivity contribution is -0.140. The molecular formula is C20H23N3O6. The summed E-state index contributed by atoms with van der Waals surface area (Å²) in [4.78, 5) is 61.4. The van der Waals surface area contributed by atoms with Crippen LogP contribution in [0.5, 0.6) is 0 Å². The molecule has 1 fully saturated rings. The molecule has 4 amide bonds. The fourth-order valence-electron chi connectivity index (χ4n) is 3.65. The van der Waals surface area contributed by atoms with Crippen LogP contribution in [0.2, 0.25) is 0 Å². The van der Waals surface area contributed by atoms with E-state index >= 15 is 0 Å². The zero-order chi connectivity index (χ0) is 21.3. The van der Waals surface area contributed by atoms with Crippen LogP contribution in [0.3, 0.4) is 0 Å². The normalized spacial score (nSPS) is 19.8. The molecule has 2 heterocycles. The third-order valence-corrected chi connectivity index (χ3v) is 5.10. The van der Waals surface area contributed by atoms with E-state index in [2.05, 4.69) is 10.6 Å². The van der Waals surface area contributed by atoms with E-state index < -0.39 is 29.9 Å². The highest BCUT2D eigenvalue weighted by Crippen LogP contribution is 2.28. The minimum absolute atomic E-state index is 0.0936. The number of piperidine rings is 1. The lowest BCUT2D eigenvalue weighted by Crippen LogP contribution is -2.52. The molecule has 9 heteroatoms. The van der Waals surface area contributed by atoms with Gasteiger partial charge in [-0.25, -0.2) is 4.79 Å². The minimum Gasteiger partial charge on any atom is -0.480 e. The molecule has 1 aromatic carbocycles. The first-order valence-electron chi connectivity index (χ1n) is 9.48. The number of nitrogens with zero attached hydrogens (tertiary/aromatic N) is 1. The van der Waals surface area contributed by atoms with Gasteiger partial charge in [-0.3, -0.25) is 24.5 Å². The van der Waals surface area contributed by atoms with E-state index in [1.165, 1.54) is 17.0 Å². The first-order valence-corrected chi connectivity index (χ1v) is 9.48. The third-order valence-electron chi connectivity index (χ3n) is 5.10. The van der Waals surface area contributed by atoms with Gasteiger partial charge in [-0.05, 0) is 42.5 Å². The average Bonchev–Trinajstić information content (AvgIpc) is 2.96. The molecule has 1 saturated heterocycles. The molecule has 1 unspecified atom stereocenters. The molecule has 0 spiro atoms. The predicted octanol–water partition coefficient (Wildman–Crippen LogP) is 0.677. The molecule has 0 aliphatic carbocycles. The Kier molecular flexibility index (Phi) is 5.67. The molecule has 2 aliphatic rings. The van der Waals surface area contributed by atoms with Gasteiger partial charge < -0.3 is 15.3 Å². The lowest BCUT2D eigenvalue weighted by atomic mass is 10.0. The van der Waals surface area contributed by atoms with E-state index in [1.54, 1.807) is 6.07 Å². The molecule has 3 rings (SSSR count). The van der Waals surface area contributed by atoms with Gasteiger partial charge in [0.05, 0.1) is 0 Å². The van der Waals surface area contributed by atoms with Crippen molar-refractivity contribution in [3.8, 4) is 0 Å². The monoisotopic (exact) mass is 401 g/mol. The van der Waals surface area contributed by atoms with Crippen LogP contribution < -0.4 is 10.6 Å². The number of benzene rings is 1. The first-order chi connectivity index (χ1) is 13.7. The molecule has 0 aromatic heterocycles. The van der Waals surface area contributed by atoms with E-state index in [4.69, 9.17) is 0 Å². The number of fused-ring (bicyclic) bond motifs is 1. The summed E-state index contributed by atoms with van der Waals surface area (Å²) in [5.41, 5.74) is 1.22. The number of carbonyl (C=O) groups excluding carboxylic acids is 4. The average molecular weight is 401 g/mol. The van der Waals surface area contributed by atoms with E-state index in [9.17, 15) is 29.1 Å². The highest BCUT2D eigenvalue weighted by Gasteiger charge is 2.39. The Bertz CT molecular complexity index is 894. The smallest absolute Gasteiger partial charge is 0.326 e. The number of carboxylic acid groups (broad SMARTS) is 1. The zero-order valence-electron chi connectivity index (χ0n) is 16.2. The molecular weight excluding hydrogens is 378 g/mol. The summed E-state index contributed by atoms with van der Waals surface area (Å²) in [6.45, 7) is 3.88. The molecule has 2 atom stereocenters. The van der Waals surface area contributed by atoms with Crippen LogP contribution in [0.15, 0.2) is 18.2 Å². The SMILES string of the molecule is CC(C)C[C@@H](NC(=O)c1ccc2c(c1)CN(C1CCC(=O)NC1=O)C2=O)C(=O)O. The highest BCUT2D eigenvalue weighted by molar-refractivity contribution is 6.06. The molecule has 3 N–H and O–H groups in total. The van der Waals surface area contributed by atoms with E-state index in [0.29, 0.717) is 17.5 Å². The van der Waals surface area contributed by atoms with Crippen LogP contribution in [-0.4, -0.2) is 51.7 Å². The highest BCUT2D eigenvalue weighted by atomic mass is 16.4. The van der Waals surface area contributed by atoms with Crippen LogP contribution in [0.4, 0.5) is 0 Å². The van der Waals surface area contributed by atoms with Crippen molar-refractivity contribution in [1.82, 2.24) is 15.5 Å². The molecule has 29 heavy (non-hydrogen) atoms. The summed E-state index contributed by atoms with van der Waals surface area (Å²) in [6, 6.07) is 2.79. The Morgan fingerprint density at radius 1 is 1.28 bits per heavy atom. The molecule has 9 nitrogen and oxygen atoms in total. The van der Waals surface area contributed by atoms with Gasteiger partial charge in [-0.15, -0.1) is 0 Å². The van der Waals surface area contributed by atoms with Gasteiger partial charge >= 0.3 is 5.97 Å². The summed E-state index contributed by atoms with van der Waals surface area (Å²) in [6.07, 6.45) is 0.720. The Labute approximate surface area is 167 Å². The second kappa shape index (κ2) is 8.02. The topological polar surface area (TPSA) is 133 Å². The van der Waals surface area contributed by atoms with E-state index in [-0.39, 0.29) is 42.7 Å². The van der Waals surface area contributed by atoms with Crippen LogP contribution >= 0.6 is 0 Å². The molecule has 0 radical (unpaired) electrons. The zero-order valence-corrected chi connectivity index (χ0v) is 16.2. The van der Waals surface area contributed by atoms with Gasteiger partial charge in [0.15, 0.2) is 0 Å². The van der Waals surface area contributed by atoms with Crippen molar-refractivity contribution in [2.45, 2.75) is 51.7 Å². The maximum absolute atomic E-state index is 12.7. The number of aliphatic carboxylic acids is 1. The third kappa shape index (κ3) is 4.28. The van der Waals surface area contributed by atoms with Gasteiger partial charge in [0.1, 0.15) is 12.1 Å². The Morgan fingerprint density at radius 2 is 2.00 bits per heavy atom. The van der Waals surface area contributed by atoms with Crippen molar-refractivity contribution in [3.63, 3.8) is 0 Å². The van der Waals surface area contributed by atoms with Gasteiger partial charge in [0.25, 0.3) is 11.8 Å². The number of hydrogen-bond donors (Lipinski definition) is 3. The molecule has 2 aliphatic heterocycles. The molecule has 1 aromatic rings. The largest absolute Gasteiger partial charge is 0.480 e. The number of hydrogen-bond acceptors (Lipinski definition) is 5. The number of carbonyl (C=O) groups is 5. The molecule has 0 bridgehead atoms. The van der Waals surface area contributed by atoms with Crippen molar-refractivity contribution in [2.24, 2.45) is 5.92 Å². The summed E-state index contributed by atoms with van der Waals surface area (Å²) in [7, 11) is 0. The van der Waals surface area contributed by atoms with Crippen molar-refractivity contribution in [2.75, 3.05) is 0 Å². The fourth-order valence-corrected chi connectivity index (χ4v) is 3.65. The van der Waals surface area contributed by atoms with Crippen molar-refractivity contribution in [1.29, 1.82) is 0 Å². The van der Waals surface area contributed by atoms with Crippen LogP contribution in [0, 0.1) is 5.92 Å². The molecule has 0 saturated carbocycles. The second-order valence-electron chi connectivity index (χ2n) is 7.77. The van der Waals surface area contributed by atoms with Crippen LogP contribution in [0.25, 0.3) is 0 Å². The maximum Gasteiger partial charge on any atom is 0.326 e. The van der Waals surface area contributed by atoms with Gasteiger partial charge in [0, 0.05) is 24.1 Å². The molecule has 154 valence electrons. The van der Waals surface area contributed by atoms with E-state index in [0.717, 1.165) is 0 Å². The minimum atomic E-state index is -1.10.